The van der Waals surface area contributed by atoms with Crippen LogP contribution >= 0.6 is 0 Å². The largest absolute Gasteiger partial charge is 0.481 e. The number of hydrogen-bond donors (Lipinski definition) is 1. The SMILES string of the molecule is COc1cc(C)nc(N2CCN(C(=O)[C@@H]3CCC(=O)NC3)CC2)n1. The number of rotatable bonds is 3. The van der Waals surface area contributed by atoms with Gasteiger partial charge >= 0.3 is 0 Å². The first-order valence-electron chi connectivity index (χ1n) is 8.27. The molecule has 0 saturated carbocycles. The molecule has 0 aromatic carbocycles. The maximum absolute atomic E-state index is 12.6. The van der Waals surface area contributed by atoms with Crippen LogP contribution in [-0.4, -0.2) is 66.5 Å². The van der Waals surface area contributed by atoms with E-state index in [1.54, 1.807) is 13.2 Å². The maximum Gasteiger partial charge on any atom is 0.228 e. The third-order valence-electron chi connectivity index (χ3n) is 4.52. The van der Waals surface area contributed by atoms with Crippen molar-refractivity contribution in [3.63, 3.8) is 0 Å². The number of aromatic nitrogens is 2. The summed E-state index contributed by atoms with van der Waals surface area (Å²) in [5, 5.41) is 2.77. The van der Waals surface area contributed by atoms with Gasteiger partial charge in [0.1, 0.15) is 0 Å². The van der Waals surface area contributed by atoms with Crippen molar-refractivity contribution in [2.24, 2.45) is 5.92 Å². The zero-order valence-corrected chi connectivity index (χ0v) is 14.1. The molecule has 0 spiro atoms. The Hall–Kier alpha value is -2.38. The molecule has 2 aliphatic rings. The average Bonchev–Trinajstić information content (AvgIpc) is 2.61. The molecule has 2 aliphatic heterocycles. The van der Waals surface area contributed by atoms with Crippen LogP contribution in [0.2, 0.25) is 0 Å². The van der Waals surface area contributed by atoms with E-state index in [0.29, 0.717) is 57.4 Å². The molecule has 8 nitrogen and oxygen atoms in total. The fraction of sp³-hybridized carbons (Fsp3) is 0.625. The fourth-order valence-corrected chi connectivity index (χ4v) is 3.10. The van der Waals surface area contributed by atoms with E-state index in [1.807, 2.05) is 11.8 Å². The van der Waals surface area contributed by atoms with E-state index >= 15 is 0 Å². The molecular weight excluding hydrogens is 310 g/mol. The van der Waals surface area contributed by atoms with Gasteiger partial charge in [0.25, 0.3) is 0 Å². The van der Waals surface area contributed by atoms with Gasteiger partial charge in [0, 0.05) is 50.9 Å². The number of carbonyl (C=O) groups is 2. The topological polar surface area (TPSA) is 87.7 Å². The number of amides is 2. The highest BCUT2D eigenvalue weighted by Crippen LogP contribution is 2.19. The highest BCUT2D eigenvalue weighted by atomic mass is 16.5. The number of nitrogens with one attached hydrogen (secondary N) is 1. The molecule has 0 aliphatic carbocycles. The van der Waals surface area contributed by atoms with E-state index in [9.17, 15) is 9.59 Å². The van der Waals surface area contributed by atoms with Gasteiger partial charge in [-0.2, -0.15) is 4.98 Å². The molecule has 1 N–H and O–H groups in total. The van der Waals surface area contributed by atoms with Gasteiger partial charge in [-0.3, -0.25) is 9.59 Å². The number of hydrogen-bond acceptors (Lipinski definition) is 6. The molecule has 1 atom stereocenters. The molecule has 1 aromatic heterocycles. The minimum atomic E-state index is -0.0930. The Bertz CT molecular complexity index is 618. The summed E-state index contributed by atoms with van der Waals surface area (Å²) in [6, 6.07) is 1.79. The third-order valence-corrected chi connectivity index (χ3v) is 4.52. The van der Waals surface area contributed by atoms with Crippen molar-refractivity contribution >= 4 is 17.8 Å². The molecule has 3 rings (SSSR count). The van der Waals surface area contributed by atoms with Crippen LogP contribution in [0.3, 0.4) is 0 Å². The Morgan fingerprint density at radius 1 is 1.29 bits per heavy atom. The second kappa shape index (κ2) is 7.02. The van der Waals surface area contributed by atoms with Gasteiger partial charge in [-0.05, 0) is 13.3 Å². The quantitative estimate of drug-likeness (QED) is 0.836. The smallest absolute Gasteiger partial charge is 0.228 e. The number of carbonyl (C=O) groups excluding carboxylic acids is 2. The van der Waals surface area contributed by atoms with Gasteiger partial charge in [0.15, 0.2) is 0 Å². The molecule has 2 fully saturated rings. The Kier molecular flexibility index (Phi) is 4.82. The van der Waals surface area contributed by atoms with Gasteiger partial charge < -0.3 is 19.9 Å². The molecule has 2 amide bonds. The standard InChI is InChI=1S/C16H23N5O3/c1-11-9-14(24-2)19-16(18-11)21-7-5-20(6-8-21)15(23)12-3-4-13(22)17-10-12/h9,12H,3-8,10H2,1-2H3,(H,17,22)/t12-/m1/s1. The van der Waals surface area contributed by atoms with Crippen LogP contribution in [0.1, 0.15) is 18.5 Å². The first-order chi connectivity index (χ1) is 11.6. The third kappa shape index (κ3) is 3.58. The predicted molar refractivity (Wildman–Crippen MR) is 87.8 cm³/mol. The predicted octanol–water partition coefficient (Wildman–Crippen LogP) is -0.0316. The first-order valence-corrected chi connectivity index (χ1v) is 8.27. The summed E-state index contributed by atoms with van der Waals surface area (Å²) >= 11 is 0. The Morgan fingerprint density at radius 2 is 2.04 bits per heavy atom. The van der Waals surface area contributed by atoms with E-state index < -0.39 is 0 Å². The highest BCUT2D eigenvalue weighted by molar-refractivity contribution is 5.83. The molecule has 0 radical (unpaired) electrons. The number of piperazine rings is 1. The molecule has 0 bridgehead atoms. The van der Waals surface area contributed by atoms with Crippen molar-refractivity contribution in [1.82, 2.24) is 20.2 Å². The minimum absolute atomic E-state index is 0.0365. The van der Waals surface area contributed by atoms with E-state index in [4.69, 9.17) is 4.74 Å². The molecule has 0 unspecified atom stereocenters. The summed E-state index contributed by atoms with van der Waals surface area (Å²) in [5.74, 6) is 1.27. The summed E-state index contributed by atoms with van der Waals surface area (Å²) in [6.07, 6.45) is 1.08. The zero-order valence-electron chi connectivity index (χ0n) is 14.1. The van der Waals surface area contributed by atoms with Gasteiger partial charge in [0.2, 0.25) is 23.6 Å². The van der Waals surface area contributed by atoms with E-state index in [-0.39, 0.29) is 17.7 Å². The van der Waals surface area contributed by atoms with Gasteiger partial charge in [-0.1, -0.05) is 0 Å². The summed E-state index contributed by atoms with van der Waals surface area (Å²) in [6.45, 7) is 5.03. The molecule has 24 heavy (non-hydrogen) atoms. The number of anilines is 1. The van der Waals surface area contributed by atoms with E-state index in [2.05, 4.69) is 20.2 Å². The van der Waals surface area contributed by atoms with Crippen LogP contribution in [0.5, 0.6) is 5.88 Å². The molecule has 1 aromatic rings. The van der Waals surface area contributed by atoms with Crippen molar-refractivity contribution in [1.29, 1.82) is 0 Å². The number of piperidine rings is 1. The Morgan fingerprint density at radius 3 is 2.67 bits per heavy atom. The Labute approximate surface area is 141 Å². The second-order valence-corrected chi connectivity index (χ2v) is 6.20. The van der Waals surface area contributed by atoms with Crippen molar-refractivity contribution in [3.8, 4) is 5.88 Å². The average molecular weight is 333 g/mol. The summed E-state index contributed by atoms with van der Waals surface area (Å²) < 4.78 is 5.20. The van der Waals surface area contributed by atoms with Gasteiger partial charge in [-0.25, -0.2) is 4.98 Å². The normalized spacial score (nSPS) is 21.4. The number of aryl methyl sites for hydroxylation is 1. The lowest BCUT2D eigenvalue weighted by molar-refractivity contribution is -0.137. The van der Waals surface area contributed by atoms with Crippen LogP contribution < -0.4 is 15.0 Å². The second-order valence-electron chi connectivity index (χ2n) is 6.20. The van der Waals surface area contributed by atoms with E-state index in [1.165, 1.54) is 0 Å². The minimum Gasteiger partial charge on any atom is -0.481 e. The summed E-state index contributed by atoms with van der Waals surface area (Å²) in [4.78, 5) is 36.6. The van der Waals surface area contributed by atoms with Crippen LogP contribution in [0.4, 0.5) is 5.95 Å². The Balaban J connectivity index is 1.58. The molecule has 2 saturated heterocycles. The lowest BCUT2D eigenvalue weighted by Gasteiger charge is -2.37. The fourth-order valence-electron chi connectivity index (χ4n) is 3.10. The van der Waals surface area contributed by atoms with Gasteiger partial charge in [-0.15, -0.1) is 0 Å². The zero-order chi connectivity index (χ0) is 17.1. The van der Waals surface area contributed by atoms with Crippen LogP contribution in [0.25, 0.3) is 0 Å². The molecule has 8 heteroatoms. The van der Waals surface area contributed by atoms with Crippen LogP contribution in [-0.2, 0) is 9.59 Å². The first kappa shape index (κ1) is 16.5. The molecule has 3 heterocycles. The van der Waals surface area contributed by atoms with Gasteiger partial charge in [0.05, 0.1) is 13.0 Å². The number of methoxy groups -OCH3 is 1. The molecular formula is C16H23N5O3. The number of ether oxygens (including phenoxy) is 1. The monoisotopic (exact) mass is 333 g/mol. The van der Waals surface area contributed by atoms with Crippen molar-refractivity contribution < 1.29 is 14.3 Å². The van der Waals surface area contributed by atoms with Crippen molar-refractivity contribution in [2.75, 3.05) is 44.7 Å². The lowest BCUT2D eigenvalue weighted by atomic mass is 9.97. The summed E-state index contributed by atoms with van der Waals surface area (Å²) in [7, 11) is 1.59. The lowest BCUT2D eigenvalue weighted by Crippen LogP contribution is -2.53. The maximum atomic E-state index is 12.6. The van der Waals surface area contributed by atoms with Crippen molar-refractivity contribution in [3.05, 3.63) is 11.8 Å². The number of nitrogens with zero attached hydrogens (tertiary/aromatic N) is 4. The molecule has 130 valence electrons. The van der Waals surface area contributed by atoms with E-state index in [0.717, 1.165) is 5.69 Å². The highest BCUT2D eigenvalue weighted by Gasteiger charge is 2.30. The van der Waals surface area contributed by atoms with Crippen LogP contribution in [0.15, 0.2) is 6.07 Å². The summed E-state index contributed by atoms with van der Waals surface area (Å²) in [5.41, 5.74) is 0.855. The van der Waals surface area contributed by atoms with Crippen molar-refractivity contribution in [2.45, 2.75) is 19.8 Å². The van der Waals surface area contributed by atoms with Crippen LogP contribution in [0, 0.1) is 12.8 Å².